The summed E-state index contributed by atoms with van der Waals surface area (Å²) in [7, 11) is -5.19. The average molecular weight is 318 g/mol. The zero-order valence-electron chi connectivity index (χ0n) is 14.2. The summed E-state index contributed by atoms with van der Waals surface area (Å²) in [6.07, 6.45) is 0. The second-order valence-corrected chi connectivity index (χ2v) is 6.13. The SMILES string of the molecule is Cc1cc(C)c(C(=O)P(=O)([O-])[O-])c(C)c1.[Li+].[Li+].c1ccccc1. The maximum absolute atomic E-state index is 11.3. The van der Waals surface area contributed by atoms with E-state index in [2.05, 4.69) is 0 Å². The topological polar surface area (TPSA) is 80.3 Å². The van der Waals surface area contributed by atoms with Crippen LogP contribution in [0.4, 0.5) is 0 Å². The molecule has 4 nitrogen and oxygen atoms in total. The van der Waals surface area contributed by atoms with Gasteiger partial charge in [-0.05, 0) is 31.9 Å². The Morgan fingerprint density at radius 3 is 1.39 bits per heavy atom. The molecular weight excluding hydrogens is 301 g/mol. The summed E-state index contributed by atoms with van der Waals surface area (Å²) in [5.41, 5.74) is 0.647. The second kappa shape index (κ2) is 11.1. The number of hydrogen-bond donors (Lipinski definition) is 0. The summed E-state index contributed by atoms with van der Waals surface area (Å²) in [4.78, 5) is 32.6. The predicted octanol–water partition coefficient (Wildman–Crippen LogP) is -3.64. The molecule has 112 valence electrons. The Hall–Kier alpha value is -0.545. The van der Waals surface area contributed by atoms with Gasteiger partial charge in [-0.2, -0.15) is 0 Å². The maximum Gasteiger partial charge on any atom is 1.00 e. The monoisotopic (exact) mass is 318 g/mol. The summed E-state index contributed by atoms with van der Waals surface area (Å²) in [5, 5.41) is 0. The standard InChI is InChI=1S/C10H13O4P.C6H6.2Li/c1-6-4-7(2)9(8(3)5-6)10(11)15(12,13)14;1-2-4-6-5-3-1;;/h4-5H,1-3H3,(H2,12,13,14);1-6H;;/q;;2*+1/p-2. The van der Waals surface area contributed by atoms with E-state index >= 15 is 0 Å². The molecular formula is C16H17Li2O4P. The van der Waals surface area contributed by atoms with Crippen molar-refractivity contribution in [3.8, 4) is 0 Å². The van der Waals surface area contributed by atoms with Gasteiger partial charge in [-0.1, -0.05) is 54.1 Å². The zero-order chi connectivity index (χ0) is 16.0. The molecule has 0 bridgehead atoms. The molecule has 23 heavy (non-hydrogen) atoms. The van der Waals surface area contributed by atoms with Crippen LogP contribution in [0, 0.1) is 20.8 Å². The fraction of sp³-hybridized carbons (Fsp3) is 0.188. The van der Waals surface area contributed by atoms with E-state index < -0.39 is 13.1 Å². The van der Waals surface area contributed by atoms with Crippen LogP contribution in [0.25, 0.3) is 0 Å². The van der Waals surface area contributed by atoms with Gasteiger partial charge >= 0.3 is 37.7 Å². The van der Waals surface area contributed by atoms with Crippen molar-refractivity contribution in [2.45, 2.75) is 20.8 Å². The molecule has 0 saturated carbocycles. The van der Waals surface area contributed by atoms with Crippen LogP contribution >= 0.6 is 7.60 Å². The van der Waals surface area contributed by atoms with Crippen molar-refractivity contribution < 1.29 is 56.9 Å². The van der Waals surface area contributed by atoms with Crippen LogP contribution in [0.1, 0.15) is 27.0 Å². The zero-order valence-corrected chi connectivity index (χ0v) is 15.1. The summed E-state index contributed by atoms with van der Waals surface area (Å²) < 4.78 is 10.6. The molecule has 0 amide bonds. The molecule has 0 unspecified atom stereocenters. The van der Waals surface area contributed by atoms with Gasteiger partial charge in [0.2, 0.25) is 0 Å². The van der Waals surface area contributed by atoms with Crippen LogP contribution in [0.3, 0.4) is 0 Å². The Labute approximate surface area is 161 Å². The molecule has 0 saturated heterocycles. The first kappa shape index (κ1) is 24.7. The number of benzene rings is 2. The van der Waals surface area contributed by atoms with E-state index in [1.807, 2.05) is 43.3 Å². The predicted molar refractivity (Wildman–Crippen MR) is 79.0 cm³/mol. The van der Waals surface area contributed by atoms with Crippen molar-refractivity contribution in [2.24, 2.45) is 0 Å². The van der Waals surface area contributed by atoms with E-state index in [0.29, 0.717) is 11.1 Å². The number of carbonyl (C=O) groups is 1. The van der Waals surface area contributed by atoms with E-state index in [1.54, 1.807) is 26.0 Å². The molecule has 0 heterocycles. The van der Waals surface area contributed by atoms with E-state index in [1.165, 1.54) is 0 Å². The van der Waals surface area contributed by atoms with E-state index in [0.717, 1.165) is 5.56 Å². The molecule has 0 N–H and O–H groups in total. The van der Waals surface area contributed by atoms with Gasteiger partial charge in [0.25, 0.3) is 0 Å². The summed E-state index contributed by atoms with van der Waals surface area (Å²) in [6.45, 7) is 5.06. The fourth-order valence-electron chi connectivity index (χ4n) is 2.04. The minimum Gasteiger partial charge on any atom is -0.805 e. The van der Waals surface area contributed by atoms with Crippen molar-refractivity contribution in [3.05, 3.63) is 70.8 Å². The number of carbonyl (C=O) groups excluding carboxylic acids is 1. The van der Waals surface area contributed by atoms with Crippen molar-refractivity contribution in [2.75, 3.05) is 0 Å². The Bertz CT molecular complexity index is 619. The quantitative estimate of drug-likeness (QED) is 0.423. The minimum atomic E-state index is -5.19. The van der Waals surface area contributed by atoms with Gasteiger partial charge < -0.3 is 14.4 Å². The average Bonchev–Trinajstić information content (AvgIpc) is 2.39. The van der Waals surface area contributed by atoms with Crippen LogP contribution in [-0.4, -0.2) is 5.52 Å². The molecule has 0 aromatic heterocycles. The molecule has 0 aliphatic heterocycles. The molecule has 2 aromatic carbocycles. The Morgan fingerprint density at radius 2 is 1.13 bits per heavy atom. The Balaban J connectivity index is 0. The number of hydrogen-bond acceptors (Lipinski definition) is 4. The van der Waals surface area contributed by atoms with Gasteiger partial charge in [0, 0.05) is 13.2 Å². The molecule has 0 atom stereocenters. The van der Waals surface area contributed by atoms with Gasteiger partial charge in [-0.15, -0.1) is 0 Å². The second-order valence-electron chi connectivity index (χ2n) is 4.73. The summed E-state index contributed by atoms with van der Waals surface area (Å²) >= 11 is 0. The van der Waals surface area contributed by atoms with Gasteiger partial charge in [-0.25, -0.2) is 0 Å². The van der Waals surface area contributed by atoms with Crippen LogP contribution in [0.2, 0.25) is 0 Å². The molecule has 0 spiro atoms. The number of rotatable bonds is 2. The summed E-state index contributed by atoms with van der Waals surface area (Å²) in [5.74, 6) is 0. The van der Waals surface area contributed by atoms with E-state index in [4.69, 9.17) is 0 Å². The third-order valence-corrected chi connectivity index (χ3v) is 3.53. The molecule has 7 heteroatoms. The molecule has 0 radical (unpaired) electrons. The van der Waals surface area contributed by atoms with Crippen LogP contribution in [0.15, 0.2) is 48.5 Å². The smallest absolute Gasteiger partial charge is 0.805 e. The van der Waals surface area contributed by atoms with E-state index in [-0.39, 0.29) is 43.3 Å². The van der Waals surface area contributed by atoms with E-state index in [9.17, 15) is 19.1 Å². The van der Waals surface area contributed by atoms with Gasteiger partial charge in [0.15, 0.2) is 5.52 Å². The van der Waals surface area contributed by atoms with Crippen LogP contribution < -0.4 is 47.5 Å². The third-order valence-electron chi connectivity index (χ3n) is 2.81. The maximum atomic E-state index is 11.3. The first-order valence-electron chi connectivity index (χ1n) is 6.38. The largest absolute Gasteiger partial charge is 1.00 e. The van der Waals surface area contributed by atoms with Crippen molar-refractivity contribution in [1.29, 1.82) is 0 Å². The molecule has 0 aliphatic carbocycles. The molecule has 2 rings (SSSR count). The van der Waals surface area contributed by atoms with Gasteiger partial charge in [-0.3, -0.25) is 4.79 Å². The van der Waals surface area contributed by atoms with Crippen molar-refractivity contribution in [1.82, 2.24) is 0 Å². The first-order chi connectivity index (χ1) is 9.73. The summed E-state index contributed by atoms with van der Waals surface area (Å²) in [6, 6.07) is 15.4. The first-order valence-corrected chi connectivity index (χ1v) is 7.92. The van der Waals surface area contributed by atoms with Crippen molar-refractivity contribution >= 4 is 13.1 Å². The molecule has 2 aromatic rings. The normalized spacial score (nSPS) is 9.61. The third kappa shape index (κ3) is 8.21. The minimum absolute atomic E-state index is 0. The fourth-order valence-corrected chi connectivity index (χ4v) is 2.67. The van der Waals surface area contributed by atoms with Gasteiger partial charge in [0.1, 0.15) is 0 Å². The van der Waals surface area contributed by atoms with Crippen LogP contribution in [0.5, 0.6) is 0 Å². The van der Waals surface area contributed by atoms with Gasteiger partial charge in [0.05, 0.1) is 0 Å². The van der Waals surface area contributed by atoms with Crippen LogP contribution in [-0.2, 0) is 4.57 Å². The molecule has 0 aliphatic rings. The Morgan fingerprint density at radius 1 is 0.826 bits per heavy atom. The number of aryl methyl sites for hydroxylation is 3. The molecule has 0 fully saturated rings. The Kier molecular flexibility index (Phi) is 11.9. The van der Waals surface area contributed by atoms with Crippen molar-refractivity contribution in [3.63, 3.8) is 0 Å².